The lowest BCUT2D eigenvalue weighted by Crippen LogP contribution is -2.38. The summed E-state index contributed by atoms with van der Waals surface area (Å²) in [7, 11) is 4.32. The van der Waals surface area contributed by atoms with Gasteiger partial charge < -0.3 is 10.2 Å². The molecule has 0 amide bonds. The van der Waals surface area contributed by atoms with Crippen molar-refractivity contribution in [3.8, 4) is 0 Å². The SMILES string of the molecule is Cc1nc2ccc(NC3CCCC(N(C)C)C3)nn2n1. The number of nitrogens with zero attached hydrogens (tertiary/aromatic N) is 5. The number of hydrogen-bond donors (Lipinski definition) is 1. The average molecular weight is 274 g/mol. The van der Waals surface area contributed by atoms with Crippen molar-refractivity contribution >= 4 is 11.5 Å². The molecule has 108 valence electrons. The van der Waals surface area contributed by atoms with Crippen LogP contribution in [0.5, 0.6) is 0 Å². The van der Waals surface area contributed by atoms with Crippen molar-refractivity contribution in [2.24, 2.45) is 0 Å². The fourth-order valence-electron chi connectivity index (χ4n) is 2.94. The van der Waals surface area contributed by atoms with Gasteiger partial charge in [-0.2, -0.15) is 0 Å². The summed E-state index contributed by atoms with van der Waals surface area (Å²) in [5.41, 5.74) is 0.794. The zero-order chi connectivity index (χ0) is 14.1. The molecule has 2 unspecified atom stereocenters. The molecule has 0 bridgehead atoms. The van der Waals surface area contributed by atoms with Crippen molar-refractivity contribution in [2.75, 3.05) is 19.4 Å². The molecule has 6 heteroatoms. The molecule has 0 radical (unpaired) electrons. The Labute approximate surface area is 119 Å². The molecule has 6 nitrogen and oxygen atoms in total. The lowest BCUT2D eigenvalue weighted by Gasteiger charge is -2.33. The van der Waals surface area contributed by atoms with Crippen LogP contribution in [0.4, 0.5) is 5.82 Å². The van der Waals surface area contributed by atoms with Crippen molar-refractivity contribution in [3.63, 3.8) is 0 Å². The second-order valence-corrected chi connectivity index (χ2v) is 5.85. The molecule has 1 aliphatic carbocycles. The summed E-state index contributed by atoms with van der Waals surface area (Å²) in [6, 6.07) is 5.11. The molecule has 2 aromatic rings. The van der Waals surface area contributed by atoms with Crippen molar-refractivity contribution < 1.29 is 0 Å². The largest absolute Gasteiger partial charge is 0.366 e. The fourth-order valence-corrected chi connectivity index (χ4v) is 2.94. The number of aryl methyl sites for hydroxylation is 1. The molecule has 3 rings (SSSR count). The van der Waals surface area contributed by atoms with Gasteiger partial charge >= 0.3 is 0 Å². The second-order valence-electron chi connectivity index (χ2n) is 5.85. The van der Waals surface area contributed by atoms with Gasteiger partial charge in [0.25, 0.3) is 0 Å². The summed E-state index contributed by atoms with van der Waals surface area (Å²) in [6.45, 7) is 1.88. The number of aromatic nitrogens is 4. The summed E-state index contributed by atoms with van der Waals surface area (Å²) >= 11 is 0. The summed E-state index contributed by atoms with van der Waals surface area (Å²) in [5.74, 6) is 1.63. The van der Waals surface area contributed by atoms with Crippen molar-refractivity contribution in [3.05, 3.63) is 18.0 Å². The smallest absolute Gasteiger partial charge is 0.176 e. The Hall–Kier alpha value is -1.69. The Morgan fingerprint density at radius 3 is 2.90 bits per heavy atom. The summed E-state index contributed by atoms with van der Waals surface area (Å²) in [4.78, 5) is 6.62. The van der Waals surface area contributed by atoms with E-state index >= 15 is 0 Å². The first kappa shape index (κ1) is 13.3. The lowest BCUT2D eigenvalue weighted by molar-refractivity contribution is 0.219. The monoisotopic (exact) mass is 274 g/mol. The molecule has 0 saturated heterocycles. The average Bonchev–Trinajstić information content (AvgIpc) is 2.78. The Kier molecular flexibility index (Phi) is 3.56. The predicted octanol–water partition coefficient (Wildman–Crippen LogP) is 1.72. The normalized spacial score (nSPS) is 23.4. The zero-order valence-electron chi connectivity index (χ0n) is 12.4. The molecular formula is C14H22N6. The van der Waals surface area contributed by atoms with Gasteiger partial charge in [-0.3, -0.25) is 0 Å². The van der Waals surface area contributed by atoms with Gasteiger partial charge in [-0.1, -0.05) is 0 Å². The van der Waals surface area contributed by atoms with Crippen LogP contribution >= 0.6 is 0 Å². The van der Waals surface area contributed by atoms with E-state index in [2.05, 4.69) is 39.5 Å². The van der Waals surface area contributed by atoms with Crippen molar-refractivity contribution in [2.45, 2.75) is 44.7 Å². The molecule has 2 heterocycles. The van der Waals surface area contributed by atoms with Gasteiger partial charge in [0.05, 0.1) is 0 Å². The molecule has 0 spiro atoms. The van der Waals surface area contributed by atoms with Crippen LogP contribution in [0.3, 0.4) is 0 Å². The number of hydrogen-bond acceptors (Lipinski definition) is 5. The summed E-state index contributed by atoms with van der Waals surface area (Å²) < 4.78 is 1.60. The van der Waals surface area contributed by atoms with E-state index in [1.54, 1.807) is 4.63 Å². The predicted molar refractivity (Wildman–Crippen MR) is 78.9 cm³/mol. The molecule has 0 aliphatic heterocycles. The van der Waals surface area contributed by atoms with Gasteiger partial charge in [0.1, 0.15) is 11.6 Å². The quantitative estimate of drug-likeness (QED) is 0.923. The van der Waals surface area contributed by atoms with E-state index in [9.17, 15) is 0 Å². The third-order valence-corrected chi connectivity index (χ3v) is 4.04. The lowest BCUT2D eigenvalue weighted by atomic mass is 9.90. The van der Waals surface area contributed by atoms with E-state index in [-0.39, 0.29) is 0 Å². The first-order valence-corrected chi connectivity index (χ1v) is 7.25. The molecule has 2 atom stereocenters. The van der Waals surface area contributed by atoms with Crippen LogP contribution in [-0.2, 0) is 0 Å². The van der Waals surface area contributed by atoms with E-state index < -0.39 is 0 Å². The van der Waals surface area contributed by atoms with Gasteiger partial charge in [0.15, 0.2) is 5.65 Å². The minimum absolute atomic E-state index is 0.491. The van der Waals surface area contributed by atoms with E-state index in [0.717, 1.165) is 17.3 Å². The first-order chi connectivity index (χ1) is 9.61. The van der Waals surface area contributed by atoms with Crippen LogP contribution in [-0.4, -0.2) is 50.9 Å². The molecule has 1 saturated carbocycles. The van der Waals surface area contributed by atoms with Gasteiger partial charge in [-0.05, 0) is 58.8 Å². The minimum atomic E-state index is 0.491. The Morgan fingerprint density at radius 2 is 2.10 bits per heavy atom. The van der Waals surface area contributed by atoms with E-state index in [4.69, 9.17) is 0 Å². The molecule has 1 N–H and O–H groups in total. The maximum atomic E-state index is 4.48. The van der Waals surface area contributed by atoms with Crippen molar-refractivity contribution in [1.82, 2.24) is 24.7 Å². The van der Waals surface area contributed by atoms with Crippen LogP contribution in [0.2, 0.25) is 0 Å². The van der Waals surface area contributed by atoms with Gasteiger partial charge in [-0.15, -0.1) is 14.8 Å². The number of rotatable bonds is 3. The first-order valence-electron chi connectivity index (χ1n) is 7.25. The number of anilines is 1. The third kappa shape index (κ3) is 2.75. The maximum Gasteiger partial charge on any atom is 0.176 e. The fraction of sp³-hybridized carbons (Fsp3) is 0.643. The van der Waals surface area contributed by atoms with E-state index in [0.29, 0.717) is 12.1 Å². The Bertz CT molecular complexity index is 590. The third-order valence-electron chi connectivity index (χ3n) is 4.04. The van der Waals surface area contributed by atoms with Crippen LogP contribution in [0.1, 0.15) is 31.5 Å². The highest BCUT2D eigenvalue weighted by molar-refractivity contribution is 5.43. The molecule has 1 fully saturated rings. The van der Waals surface area contributed by atoms with E-state index in [1.807, 2.05) is 19.1 Å². The van der Waals surface area contributed by atoms with Crippen LogP contribution in [0, 0.1) is 6.92 Å². The van der Waals surface area contributed by atoms with Crippen LogP contribution in [0.25, 0.3) is 5.65 Å². The van der Waals surface area contributed by atoms with Crippen LogP contribution in [0.15, 0.2) is 12.1 Å². The van der Waals surface area contributed by atoms with Gasteiger partial charge in [-0.25, -0.2) is 4.98 Å². The number of nitrogens with one attached hydrogen (secondary N) is 1. The zero-order valence-corrected chi connectivity index (χ0v) is 12.4. The highest BCUT2D eigenvalue weighted by Gasteiger charge is 2.23. The molecule has 2 aromatic heterocycles. The van der Waals surface area contributed by atoms with Crippen molar-refractivity contribution in [1.29, 1.82) is 0 Å². The second kappa shape index (κ2) is 5.36. The van der Waals surface area contributed by atoms with E-state index in [1.165, 1.54) is 25.7 Å². The number of fused-ring (bicyclic) bond motifs is 1. The molecule has 20 heavy (non-hydrogen) atoms. The highest BCUT2D eigenvalue weighted by Crippen LogP contribution is 2.24. The van der Waals surface area contributed by atoms with Gasteiger partial charge in [0, 0.05) is 12.1 Å². The standard InChI is InChI=1S/C14H22N6/c1-10-15-14-8-7-13(18-20(14)17-10)16-11-5-4-6-12(9-11)19(2)3/h7-8,11-12H,4-6,9H2,1-3H3,(H,16,18). The van der Waals surface area contributed by atoms with Crippen LogP contribution < -0.4 is 5.32 Å². The molecule has 0 aromatic carbocycles. The summed E-state index contributed by atoms with van der Waals surface area (Å²) in [6.07, 6.45) is 4.94. The van der Waals surface area contributed by atoms with Gasteiger partial charge in [0.2, 0.25) is 0 Å². The molecular weight excluding hydrogens is 252 g/mol. The Morgan fingerprint density at radius 1 is 1.25 bits per heavy atom. The topological polar surface area (TPSA) is 58.4 Å². The minimum Gasteiger partial charge on any atom is -0.366 e. The molecule has 1 aliphatic rings. The highest BCUT2D eigenvalue weighted by atomic mass is 15.5. The summed E-state index contributed by atoms with van der Waals surface area (Å²) in [5, 5.41) is 12.3. The Balaban J connectivity index is 1.72. The maximum absolute atomic E-state index is 4.48.